The minimum Gasteiger partial charge on any atom is -0.480 e. The number of para-hydroxylation sites is 2. The van der Waals surface area contributed by atoms with Crippen LogP contribution < -0.4 is 20.9 Å². The molecule has 4 N–H and O–H groups in total. The third-order valence-corrected chi connectivity index (χ3v) is 6.58. The normalized spacial score (nSPS) is 16.5. The van der Waals surface area contributed by atoms with E-state index < -0.39 is 36.0 Å². The first-order valence-corrected chi connectivity index (χ1v) is 13.2. The summed E-state index contributed by atoms with van der Waals surface area (Å²) in [4.78, 5) is 52.9. The summed E-state index contributed by atoms with van der Waals surface area (Å²) in [6, 6.07) is 12.6. The highest BCUT2D eigenvalue weighted by atomic mass is 32.2. The largest absolute Gasteiger partial charge is 0.480 e. The molecular weight excluding hydrogens is 480 g/mol. The number of amides is 4. The molecule has 0 fully saturated rings. The van der Waals surface area contributed by atoms with Gasteiger partial charge >= 0.3 is 12.0 Å². The zero-order chi connectivity index (χ0) is 26.2. The summed E-state index contributed by atoms with van der Waals surface area (Å²) in [5.74, 6) is -1.69. The van der Waals surface area contributed by atoms with Gasteiger partial charge < -0.3 is 21.1 Å². The van der Waals surface area contributed by atoms with Gasteiger partial charge in [-0.2, -0.15) is 11.8 Å². The SMILES string of the molecule is CSCC[C@@H](NC(=O)[C@H](Cc1ccccc1)NC(=O)N1c2ccccc2NC(=O)[C@@H]1C(C)C)C(=O)O. The smallest absolute Gasteiger partial charge is 0.326 e. The van der Waals surface area contributed by atoms with E-state index in [0.717, 1.165) is 5.56 Å². The Balaban J connectivity index is 1.90. The minimum atomic E-state index is -1.14. The van der Waals surface area contributed by atoms with E-state index in [1.165, 1.54) is 16.7 Å². The summed E-state index contributed by atoms with van der Waals surface area (Å²) in [7, 11) is 0. The van der Waals surface area contributed by atoms with Crippen molar-refractivity contribution in [3.05, 3.63) is 60.2 Å². The van der Waals surface area contributed by atoms with Crippen molar-refractivity contribution in [3.63, 3.8) is 0 Å². The molecule has 1 aliphatic heterocycles. The number of carbonyl (C=O) groups is 4. The monoisotopic (exact) mass is 512 g/mol. The first kappa shape index (κ1) is 27.1. The average molecular weight is 513 g/mol. The molecule has 192 valence electrons. The number of anilines is 2. The molecule has 0 spiro atoms. The van der Waals surface area contributed by atoms with E-state index in [0.29, 0.717) is 17.1 Å². The molecule has 0 saturated carbocycles. The van der Waals surface area contributed by atoms with Gasteiger partial charge in [0.2, 0.25) is 11.8 Å². The van der Waals surface area contributed by atoms with Crippen LogP contribution in [0.15, 0.2) is 54.6 Å². The molecule has 36 heavy (non-hydrogen) atoms. The molecule has 3 rings (SSSR count). The topological polar surface area (TPSA) is 128 Å². The summed E-state index contributed by atoms with van der Waals surface area (Å²) in [5, 5.41) is 17.8. The minimum absolute atomic E-state index is 0.154. The predicted molar refractivity (Wildman–Crippen MR) is 141 cm³/mol. The number of urea groups is 1. The summed E-state index contributed by atoms with van der Waals surface area (Å²) in [6.07, 6.45) is 2.27. The second kappa shape index (κ2) is 12.4. The van der Waals surface area contributed by atoms with Crippen molar-refractivity contribution in [2.75, 3.05) is 22.2 Å². The maximum absolute atomic E-state index is 13.7. The van der Waals surface area contributed by atoms with Crippen molar-refractivity contribution in [1.82, 2.24) is 10.6 Å². The number of hydrogen-bond donors (Lipinski definition) is 4. The van der Waals surface area contributed by atoms with Crippen LogP contribution in [0.4, 0.5) is 16.2 Å². The van der Waals surface area contributed by atoms with Gasteiger partial charge in [-0.15, -0.1) is 0 Å². The van der Waals surface area contributed by atoms with Crippen LogP contribution in [-0.2, 0) is 20.8 Å². The van der Waals surface area contributed by atoms with Gasteiger partial charge in [0.25, 0.3) is 0 Å². The first-order chi connectivity index (χ1) is 17.2. The zero-order valence-corrected chi connectivity index (χ0v) is 21.4. The molecule has 0 bridgehead atoms. The Morgan fingerprint density at radius 2 is 1.69 bits per heavy atom. The number of thioether (sulfide) groups is 1. The van der Waals surface area contributed by atoms with E-state index in [4.69, 9.17) is 0 Å². The molecule has 1 aliphatic rings. The molecule has 0 unspecified atom stereocenters. The van der Waals surface area contributed by atoms with Crippen molar-refractivity contribution < 1.29 is 24.3 Å². The number of benzene rings is 2. The molecule has 2 aromatic rings. The van der Waals surface area contributed by atoms with E-state index in [-0.39, 0.29) is 24.7 Å². The lowest BCUT2D eigenvalue weighted by atomic mass is 9.98. The van der Waals surface area contributed by atoms with Crippen LogP contribution in [0.3, 0.4) is 0 Å². The first-order valence-electron chi connectivity index (χ1n) is 11.8. The number of nitrogens with zero attached hydrogens (tertiary/aromatic N) is 1. The van der Waals surface area contributed by atoms with Crippen molar-refractivity contribution in [2.45, 2.75) is 44.8 Å². The number of carbonyl (C=O) groups excluding carboxylic acids is 3. The molecule has 0 radical (unpaired) electrons. The van der Waals surface area contributed by atoms with Crippen LogP contribution in [0.5, 0.6) is 0 Å². The highest BCUT2D eigenvalue weighted by molar-refractivity contribution is 7.98. The van der Waals surface area contributed by atoms with Gasteiger partial charge in [0.05, 0.1) is 11.4 Å². The number of carboxylic acid groups (broad SMARTS) is 1. The number of aliphatic carboxylic acids is 1. The van der Waals surface area contributed by atoms with E-state index >= 15 is 0 Å². The molecule has 2 aromatic carbocycles. The molecule has 3 atom stereocenters. The van der Waals surface area contributed by atoms with Crippen LogP contribution in [-0.4, -0.2) is 59.1 Å². The number of fused-ring (bicyclic) bond motifs is 1. The Morgan fingerprint density at radius 3 is 2.33 bits per heavy atom. The Labute approximate surface area is 215 Å². The number of carboxylic acids is 1. The second-order valence-corrected chi connectivity index (χ2v) is 9.92. The van der Waals surface area contributed by atoms with Gasteiger partial charge in [0, 0.05) is 6.42 Å². The summed E-state index contributed by atoms with van der Waals surface area (Å²) >= 11 is 1.48. The quantitative estimate of drug-likeness (QED) is 0.387. The fourth-order valence-electron chi connectivity index (χ4n) is 4.14. The van der Waals surface area contributed by atoms with Gasteiger partial charge in [-0.3, -0.25) is 14.5 Å². The summed E-state index contributed by atoms with van der Waals surface area (Å²) in [5.41, 5.74) is 1.82. The van der Waals surface area contributed by atoms with Crippen LogP contribution in [0, 0.1) is 5.92 Å². The van der Waals surface area contributed by atoms with Gasteiger partial charge in [0.15, 0.2) is 0 Å². The highest BCUT2D eigenvalue weighted by Gasteiger charge is 2.40. The number of hydrogen-bond acceptors (Lipinski definition) is 5. The standard InChI is InChI=1S/C26H32N4O5S/c1-16(2)22-24(32)27-18-11-7-8-12-21(18)30(22)26(35)29-20(15-17-9-5-4-6-10-17)23(31)28-19(25(33)34)13-14-36-3/h4-12,16,19-20,22H,13-15H2,1-3H3,(H,27,32)(H,28,31)(H,29,35)(H,33,34)/t19-,20+,22+/m1/s1. The Kier molecular flexibility index (Phi) is 9.35. The van der Waals surface area contributed by atoms with E-state index in [2.05, 4.69) is 16.0 Å². The third-order valence-electron chi connectivity index (χ3n) is 5.94. The third kappa shape index (κ3) is 6.57. The Morgan fingerprint density at radius 1 is 1.03 bits per heavy atom. The van der Waals surface area contributed by atoms with Crippen molar-refractivity contribution in [2.24, 2.45) is 5.92 Å². The lowest BCUT2D eigenvalue weighted by Gasteiger charge is -2.39. The van der Waals surface area contributed by atoms with Gasteiger partial charge in [-0.1, -0.05) is 56.3 Å². The van der Waals surface area contributed by atoms with Crippen LogP contribution >= 0.6 is 11.8 Å². The lowest BCUT2D eigenvalue weighted by molar-refractivity contribution is -0.142. The van der Waals surface area contributed by atoms with Gasteiger partial charge in [-0.05, 0) is 42.0 Å². The predicted octanol–water partition coefficient (Wildman–Crippen LogP) is 3.11. The van der Waals surface area contributed by atoms with Crippen molar-refractivity contribution >= 4 is 47.0 Å². The second-order valence-electron chi connectivity index (χ2n) is 8.94. The van der Waals surface area contributed by atoms with Crippen molar-refractivity contribution in [3.8, 4) is 0 Å². The van der Waals surface area contributed by atoms with E-state index in [9.17, 15) is 24.3 Å². The van der Waals surface area contributed by atoms with Gasteiger partial charge in [0.1, 0.15) is 18.1 Å². The van der Waals surface area contributed by atoms with Crippen molar-refractivity contribution in [1.29, 1.82) is 0 Å². The maximum Gasteiger partial charge on any atom is 0.326 e. The molecule has 0 aliphatic carbocycles. The number of rotatable bonds is 10. The molecule has 9 nitrogen and oxygen atoms in total. The average Bonchev–Trinajstić information content (AvgIpc) is 2.85. The Bertz CT molecular complexity index is 1090. The molecule has 0 aromatic heterocycles. The molecule has 1 heterocycles. The maximum atomic E-state index is 13.7. The van der Waals surface area contributed by atoms with Crippen LogP contribution in [0.1, 0.15) is 25.8 Å². The summed E-state index contributed by atoms with van der Waals surface area (Å²) in [6.45, 7) is 3.69. The molecule has 10 heteroatoms. The summed E-state index contributed by atoms with van der Waals surface area (Å²) < 4.78 is 0. The fourth-order valence-corrected chi connectivity index (χ4v) is 4.61. The molecule has 4 amide bonds. The highest BCUT2D eigenvalue weighted by Crippen LogP contribution is 2.34. The van der Waals surface area contributed by atoms with E-state index in [1.807, 2.05) is 50.4 Å². The fraction of sp³-hybridized carbons (Fsp3) is 0.385. The molecule has 0 saturated heterocycles. The van der Waals surface area contributed by atoms with E-state index in [1.54, 1.807) is 24.3 Å². The Hall–Kier alpha value is -3.53. The van der Waals surface area contributed by atoms with Gasteiger partial charge in [-0.25, -0.2) is 9.59 Å². The lowest BCUT2D eigenvalue weighted by Crippen LogP contribution is -2.60. The van der Waals surface area contributed by atoms with Crippen LogP contribution in [0.2, 0.25) is 0 Å². The molecular formula is C26H32N4O5S. The number of nitrogens with one attached hydrogen (secondary N) is 3. The zero-order valence-electron chi connectivity index (χ0n) is 20.6. The van der Waals surface area contributed by atoms with Crippen LogP contribution in [0.25, 0.3) is 0 Å².